The SMILES string of the molecule is COC(=O)[C@H](O)[C@@H](O)[C@@H](O)[C@H](O)C(=O)NCCNCC[NH]. The predicted octanol–water partition coefficient (Wildman–Crippen LogP) is -4.41. The van der Waals surface area contributed by atoms with Crippen LogP contribution in [0.25, 0.3) is 0 Å². The van der Waals surface area contributed by atoms with E-state index in [4.69, 9.17) is 5.73 Å². The topological polar surface area (TPSA) is 172 Å². The minimum Gasteiger partial charge on any atom is -0.467 e. The molecule has 7 N–H and O–H groups in total. The number of aliphatic hydroxyl groups excluding tert-OH is 4. The van der Waals surface area contributed by atoms with Crippen LogP contribution in [-0.4, -0.2) is 90.0 Å². The molecular weight excluding hydrogens is 286 g/mol. The molecule has 0 spiro atoms. The van der Waals surface area contributed by atoms with Crippen molar-refractivity contribution in [1.82, 2.24) is 16.4 Å². The van der Waals surface area contributed by atoms with Crippen molar-refractivity contribution in [1.29, 1.82) is 0 Å². The van der Waals surface area contributed by atoms with Crippen molar-refractivity contribution in [2.24, 2.45) is 0 Å². The van der Waals surface area contributed by atoms with Gasteiger partial charge in [0.05, 0.1) is 7.11 Å². The molecule has 0 aliphatic heterocycles. The van der Waals surface area contributed by atoms with Gasteiger partial charge in [-0.05, 0) is 0 Å². The number of hydrogen-bond acceptors (Lipinski definition) is 8. The maximum Gasteiger partial charge on any atom is 0.337 e. The molecule has 10 heteroatoms. The zero-order valence-corrected chi connectivity index (χ0v) is 11.7. The van der Waals surface area contributed by atoms with Gasteiger partial charge in [0.15, 0.2) is 12.2 Å². The maximum atomic E-state index is 11.5. The number of aliphatic hydroxyl groups is 4. The van der Waals surface area contributed by atoms with Crippen LogP contribution >= 0.6 is 0 Å². The Bertz CT molecular complexity index is 329. The monoisotopic (exact) mass is 308 g/mol. The molecule has 0 rings (SSSR count). The van der Waals surface area contributed by atoms with Gasteiger partial charge in [0.1, 0.15) is 12.2 Å². The predicted molar refractivity (Wildman–Crippen MR) is 69.9 cm³/mol. The number of methoxy groups -OCH3 is 1. The summed E-state index contributed by atoms with van der Waals surface area (Å²) in [5, 5.41) is 43.0. The number of carbonyl (C=O) groups excluding carboxylic acids is 2. The van der Waals surface area contributed by atoms with Crippen molar-refractivity contribution in [3.8, 4) is 0 Å². The number of esters is 1. The molecule has 1 radical (unpaired) electrons. The third-order valence-corrected chi connectivity index (χ3v) is 2.61. The number of amides is 1. The summed E-state index contributed by atoms with van der Waals surface area (Å²) in [4.78, 5) is 22.5. The molecule has 10 nitrogen and oxygen atoms in total. The van der Waals surface area contributed by atoms with E-state index in [0.717, 1.165) is 7.11 Å². The second kappa shape index (κ2) is 10.4. The molecule has 21 heavy (non-hydrogen) atoms. The second-order valence-corrected chi connectivity index (χ2v) is 4.19. The first kappa shape index (κ1) is 19.7. The van der Waals surface area contributed by atoms with Crippen LogP contribution in [0.5, 0.6) is 0 Å². The molecule has 1 amide bonds. The number of ether oxygens (including phenoxy) is 1. The van der Waals surface area contributed by atoms with Gasteiger partial charge in [-0.25, -0.2) is 4.79 Å². The van der Waals surface area contributed by atoms with E-state index in [-0.39, 0.29) is 13.1 Å². The van der Waals surface area contributed by atoms with Crippen molar-refractivity contribution >= 4 is 11.9 Å². The summed E-state index contributed by atoms with van der Waals surface area (Å²) in [5.41, 5.74) is 6.87. The van der Waals surface area contributed by atoms with Crippen LogP contribution in [0.2, 0.25) is 0 Å². The first-order valence-electron chi connectivity index (χ1n) is 6.29. The summed E-state index contributed by atoms with van der Waals surface area (Å²) in [6.07, 6.45) is -8.22. The van der Waals surface area contributed by atoms with E-state index in [1.165, 1.54) is 0 Å². The summed E-state index contributed by atoms with van der Waals surface area (Å²) in [6, 6.07) is 0. The Kier molecular flexibility index (Phi) is 9.78. The van der Waals surface area contributed by atoms with E-state index in [2.05, 4.69) is 15.4 Å². The van der Waals surface area contributed by atoms with Crippen LogP contribution in [0.1, 0.15) is 0 Å². The van der Waals surface area contributed by atoms with Crippen molar-refractivity contribution in [2.75, 3.05) is 33.3 Å². The highest BCUT2D eigenvalue weighted by Crippen LogP contribution is 2.06. The van der Waals surface area contributed by atoms with Crippen LogP contribution in [-0.2, 0) is 14.3 Å². The van der Waals surface area contributed by atoms with Gasteiger partial charge in [0.25, 0.3) is 5.91 Å². The van der Waals surface area contributed by atoms with Crippen LogP contribution in [0.15, 0.2) is 0 Å². The molecule has 0 fully saturated rings. The zero-order valence-electron chi connectivity index (χ0n) is 11.7. The quantitative estimate of drug-likeness (QED) is 0.173. The molecule has 0 bridgehead atoms. The Hall–Kier alpha value is -1.30. The summed E-state index contributed by atoms with van der Waals surface area (Å²) in [6.45, 7) is 1.14. The number of rotatable bonds is 10. The van der Waals surface area contributed by atoms with Gasteiger partial charge in [-0.3, -0.25) is 10.5 Å². The molecule has 0 unspecified atom stereocenters. The third kappa shape index (κ3) is 6.80. The van der Waals surface area contributed by atoms with Crippen LogP contribution in [0.4, 0.5) is 0 Å². The normalized spacial score (nSPS) is 16.7. The fraction of sp³-hybridized carbons (Fsp3) is 0.818. The van der Waals surface area contributed by atoms with Gasteiger partial charge in [-0.1, -0.05) is 0 Å². The fourth-order valence-electron chi connectivity index (χ4n) is 1.38. The molecule has 4 atom stereocenters. The molecular formula is C11H22N3O7. The summed E-state index contributed by atoms with van der Waals surface area (Å²) in [7, 11) is 0.970. The molecule has 0 saturated heterocycles. The Morgan fingerprint density at radius 3 is 2.14 bits per heavy atom. The molecule has 0 aromatic heterocycles. The van der Waals surface area contributed by atoms with Crippen LogP contribution in [0, 0.1) is 0 Å². The van der Waals surface area contributed by atoms with E-state index in [1.54, 1.807) is 0 Å². The number of hydrogen-bond donors (Lipinski definition) is 6. The highest BCUT2D eigenvalue weighted by molar-refractivity contribution is 5.81. The third-order valence-electron chi connectivity index (χ3n) is 2.61. The Balaban J connectivity index is 4.25. The Morgan fingerprint density at radius 1 is 1.05 bits per heavy atom. The summed E-state index contributed by atoms with van der Waals surface area (Å²) < 4.78 is 4.16. The molecule has 0 aromatic carbocycles. The lowest BCUT2D eigenvalue weighted by Gasteiger charge is -2.24. The zero-order chi connectivity index (χ0) is 16.4. The van der Waals surface area contributed by atoms with Gasteiger partial charge < -0.3 is 35.8 Å². The highest BCUT2D eigenvalue weighted by atomic mass is 16.5. The fourth-order valence-corrected chi connectivity index (χ4v) is 1.38. The largest absolute Gasteiger partial charge is 0.467 e. The lowest BCUT2D eigenvalue weighted by atomic mass is 10.0. The molecule has 0 aliphatic rings. The van der Waals surface area contributed by atoms with Gasteiger partial charge in [0, 0.05) is 26.2 Å². The van der Waals surface area contributed by atoms with Crippen molar-refractivity contribution in [3.05, 3.63) is 0 Å². The van der Waals surface area contributed by atoms with Crippen molar-refractivity contribution < 1.29 is 34.8 Å². The van der Waals surface area contributed by atoms with Crippen LogP contribution in [0.3, 0.4) is 0 Å². The van der Waals surface area contributed by atoms with Gasteiger partial charge >= 0.3 is 5.97 Å². The summed E-state index contributed by atoms with van der Waals surface area (Å²) >= 11 is 0. The van der Waals surface area contributed by atoms with E-state index >= 15 is 0 Å². The van der Waals surface area contributed by atoms with Crippen LogP contribution < -0.4 is 16.4 Å². The molecule has 0 aliphatic carbocycles. The molecule has 123 valence electrons. The lowest BCUT2D eigenvalue weighted by molar-refractivity contribution is -0.169. The molecule has 0 aromatic rings. The minimum absolute atomic E-state index is 0.137. The van der Waals surface area contributed by atoms with E-state index in [0.29, 0.717) is 13.1 Å². The first-order chi connectivity index (χ1) is 9.86. The van der Waals surface area contributed by atoms with E-state index in [9.17, 15) is 30.0 Å². The average Bonchev–Trinajstić information content (AvgIpc) is 2.50. The Morgan fingerprint density at radius 2 is 1.62 bits per heavy atom. The number of carbonyl (C=O) groups is 2. The van der Waals surface area contributed by atoms with E-state index < -0.39 is 36.3 Å². The Labute approximate surface area is 121 Å². The molecule has 0 heterocycles. The van der Waals surface area contributed by atoms with Gasteiger partial charge in [-0.2, -0.15) is 0 Å². The average molecular weight is 308 g/mol. The first-order valence-corrected chi connectivity index (χ1v) is 6.29. The van der Waals surface area contributed by atoms with Crippen molar-refractivity contribution in [3.63, 3.8) is 0 Å². The standard InChI is InChI=1S/C11H22N3O7/c1-21-11(20)9(18)7(16)6(15)8(17)10(19)14-5-4-13-3-2-12/h6-9,12-13,15-18H,2-5H2,1H3,(H,14,19)/t6-,7+,8+,9-/m1/s1. The minimum atomic E-state index is -2.08. The summed E-state index contributed by atoms with van der Waals surface area (Å²) in [5.74, 6) is -2.17. The highest BCUT2D eigenvalue weighted by Gasteiger charge is 2.37. The van der Waals surface area contributed by atoms with Gasteiger partial charge in [0.2, 0.25) is 0 Å². The lowest BCUT2D eigenvalue weighted by Crippen LogP contribution is -2.53. The molecule has 0 saturated carbocycles. The van der Waals surface area contributed by atoms with Gasteiger partial charge in [-0.15, -0.1) is 0 Å². The maximum absolute atomic E-state index is 11.5. The van der Waals surface area contributed by atoms with Crippen molar-refractivity contribution in [2.45, 2.75) is 24.4 Å². The smallest absolute Gasteiger partial charge is 0.337 e. The van der Waals surface area contributed by atoms with E-state index in [1.807, 2.05) is 0 Å². The second-order valence-electron chi connectivity index (χ2n) is 4.19. The number of nitrogens with one attached hydrogen (secondary N) is 3.